The molecule has 356 valence electrons. The molecule has 0 bridgehead atoms. The van der Waals surface area contributed by atoms with Crippen LogP contribution in [0.2, 0.25) is 87.6 Å². The molecule has 0 aliphatic heterocycles. The van der Waals surface area contributed by atoms with Gasteiger partial charge in [0.25, 0.3) is 0 Å². The summed E-state index contributed by atoms with van der Waals surface area (Å²) in [6, 6.07) is 10.7. The molecule has 0 amide bonds. The molecular weight excluding hydrogens is 890 g/mol. The van der Waals surface area contributed by atoms with E-state index in [1.165, 1.54) is 24.3 Å². The molecule has 0 aliphatic rings. The summed E-state index contributed by atoms with van der Waals surface area (Å²) < 4.78 is 49.1. The van der Waals surface area contributed by atoms with E-state index in [2.05, 4.69) is 117 Å². The van der Waals surface area contributed by atoms with Crippen LogP contribution in [0, 0.1) is 11.6 Å². The van der Waals surface area contributed by atoms with Gasteiger partial charge in [0, 0.05) is 65.3 Å². The van der Waals surface area contributed by atoms with Gasteiger partial charge in [0.15, 0.2) is 15.7 Å². The predicted octanol–water partition coefficient (Wildman–Crippen LogP) is 12.3. The van der Waals surface area contributed by atoms with Crippen molar-refractivity contribution in [2.24, 2.45) is 0 Å². The molecule has 2 atom stereocenters. The molecule has 0 aliphatic carbocycles. The second-order valence-electron chi connectivity index (χ2n) is 21.6. The summed E-state index contributed by atoms with van der Waals surface area (Å²) in [5.41, 5.74) is 2.06. The van der Waals surface area contributed by atoms with Crippen molar-refractivity contribution in [1.29, 1.82) is 0 Å². The highest BCUT2D eigenvalue weighted by molar-refractivity contribution is 7.20. The molecule has 2 heterocycles. The average molecular weight is 970 g/mol. The smallest absolute Gasteiger partial charge is 0.192 e. The summed E-state index contributed by atoms with van der Waals surface area (Å²) in [6.45, 7) is 37.2. The first kappa shape index (κ1) is 56.8. The SMILES string of the molecule is CC(C)(C)[Si](C)(C)Cl.CC(C)(C)[Si](C)(C)OCC(O)c1cc(F)ccc1-c1nccn1COCC[Si](C)(C)C.C[Si](C)(C)CCOCn1ccnc1-c1ccc(F)cc1C(O)CO. The molecule has 63 heavy (non-hydrogen) atoms. The van der Waals surface area contributed by atoms with Gasteiger partial charge < -0.3 is 38.4 Å². The van der Waals surface area contributed by atoms with Crippen LogP contribution in [-0.4, -0.2) is 92.7 Å². The topological polar surface area (TPSA) is 124 Å². The number of halogens is 3. The number of nitrogens with zero attached hydrogens (tertiary/aromatic N) is 4. The molecule has 0 radical (unpaired) electrons. The van der Waals surface area contributed by atoms with E-state index in [9.17, 15) is 24.1 Å². The number of aliphatic hydroxyl groups is 3. The molecule has 3 N–H and O–H groups in total. The van der Waals surface area contributed by atoms with Crippen LogP contribution < -0.4 is 0 Å². The van der Waals surface area contributed by atoms with Crippen LogP contribution in [0.3, 0.4) is 0 Å². The normalized spacial score (nSPS) is 13.8. The standard InChI is InChI=1S/C23H39FN2O3Si2.C17H25FN2O3Si.C6H15ClSi/c1-23(2,3)31(7,8)29-16-21(27)20-15-18(24)9-10-19(20)22-25-11-12-26(22)17-28-13-14-30(4,5)6;1-24(2,3)9-8-23-12-20-7-6-19-17(20)14-5-4-13(18)10-15(14)16(22)11-21;1-6(2,3)8(4,5)7/h9-12,15,21,27H,13-14,16-17H2,1-8H3;4-7,10,16,21-22H,8-9,11-12H2,1-3H3;1-5H3. The Morgan fingerprint density at radius 1 is 0.651 bits per heavy atom. The van der Waals surface area contributed by atoms with Crippen molar-refractivity contribution < 1.29 is 38.0 Å². The number of aliphatic hydroxyl groups excluding tert-OH is 3. The van der Waals surface area contributed by atoms with Crippen molar-refractivity contribution in [3.8, 4) is 22.8 Å². The van der Waals surface area contributed by atoms with Crippen molar-refractivity contribution >= 4 is 42.9 Å². The Morgan fingerprint density at radius 3 is 1.37 bits per heavy atom. The highest BCUT2D eigenvalue weighted by Crippen LogP contribution is 2.39. The Labute approximate surface area is 386 Å². The van der Waals surface area contributed by atoms with Gasteiger partial charge in [-0.1, -0.05) is 93.9 Å². The zero-order chi connectivity index (χ0) is 48.2. The minimum atomic E-state index is -2.04. The highest BCUT2D eigenvalue weighted by Gasteiger charge is 2.38. The zero-order valence-corrected chi connectivity index (χ0v) is 45.8. The molecule has 17 heteroatoms. The van der Waals surface area contributed by atoms with Gasteiger partial charge in [0.2, 0.25) is 0 Å². The first-order chi connectivity index (χ1) is 28.8. The summed E-state index contributed by atoms with van der Waals surface area (Å²) in [4.78, 5) is 8.76. The van der Waals surface area contributed by atoms with Crippen molar-refractivity contribution in [3.05, 3.63) is 83.9 Å². The summed E-state index contributed by atoms with van der Waals surface area (Å²) in [5.74, 6) is 0.361. The zero-order valence-electron chi connectivity index (χ0n) is 41.1. The molecule has 2 unspecified atom stereocenters. The van der Waals surface area contributed by atoms with Crippen LogP contribution in [0.4, 0.5) is 8.78 Å². The largest absolute Gasteiger partial charge is 0.414 e. The lowest BCUT2D eigenvalue weighted by molar-refractivity contribution is 0.0876. The molecule has 10 nitrogen and oxygen atoms in total. The number of benzene rings is 2. The van der Waals surface area contributed by atoms with Gasteiger partial charge in [0.1, 0.15) is 49.0 Å². The number of rotatable bonds is 18. The van der Waals surface area contributed by atoms with Gasteiger partial charge in [-0.3, -0.25) is 0 Å². The van der Waals surface area contributed by atoms with Gasteiger partial charge >= 0.3 is 0 Å². The first-order valence-electron chi connectivity index (χ1n) is 21.9. The minimum absolute atomic E-state index is 0.0288. The van der Waals surface area contributed by atoms with Crippen molar-refractivity contribution in [1.82, 2.24) is 19.1 Å². The summed E-state index contributed by atoms with van der Waals surface area (Å²) in [6.07, 6.45) is 4.85. The Kier molecular flexibility index (Phi) is 21.5. The van der Waals surface area contributed by atoms with E-state index in [-0.39, 0.29) is 11.6 Å². The van der Waals surface area contributed by atoms with Gasteiger partial charge in [-0.2, -0.15) is 11.1 Å². The maximum Gasteiger partial charge on any atom is 0.192 e. The van der Waals surface area contributed by atoms with Crippen LogP contribution in [0.1, 0.15) is 64.9 Å². The van der Waals surface area contributed by atoms with Crippen LogP contribution >= 0.6 is 11.1 Å². The van der Waals surface area contributed by atoms with Gasteiger partial charge in [0.05, 0.1) is 13.2 Å². The minimum Gasteiger partial charge on any atom is -0.414 e. The predicted molar refractivity (Wildman–Crippen MR) is 267 cm³/mol. The lowest BCUT2D eigenvalue weighted by atomic mass is 10.0. The molecule has 0 fully saturated rings. The fourth-order valence-electron chi connectivity index (χ4n) is 5.12. The fourth-order valence-corrected chi connectivity index (χ4v) is 7.64. The molecule has 0 saturated heterocycles. The fraction of sp³-hybridized carbons (Fsp3) is 0.609. The van der Waals surface area contributed by atoms with E-state index < -0.39 is 62.3 Å². The second kappa shape index (κ2) is 23.9. The van der Waals surface area contributed by atoms with E-state index >= 15 is 0 Å². The molecule has 2 aromatic heterocycles. The number of hydrogen-bond donors (Lipinski definition) is 3. The van der Waals surface area contributed by atoms with Gasteiger partial charge in [-0.25, -0.2) is 18.7 Å². The average Bonchev–Trinajstić information content (AvgIpc) is 3.82. The van der Waals surface area contributed by atoms with Crippen molar-refractivity contribution in [2.45, 2.75) is 155 Å². The van der Waals surface area contributed by atoms with Crippen LogP contribution in [-0.2, 0) is 27.4 Å². The molecule has 4 aromatic rings. The third-order valence-corrected chi connectivity index (χ3v) is 24.7. The number of imidazole rings is 2. The molecule has 0 spiro atoms. The maximum absolute atomic E-state index is 14.1. The Hall–Kier alpha value is -2.36. The Bertz CT molecular complexity index is 1970. The molecular formula is C46H79ClF2N4O6Si4. The van der Waals surface area contributed by atoms with E-state index in [0.29, 0.717) is 65.6 Å². The number of ether oxygens (including phenoxy) is 2. The number of aromatic nitrogens is 4. The lowest BCUT2D eigenvalue weighted by Gasteiger charge is -2.36. The maximum atomic E-state index is 14.1. The highest BCUT2D eigenvalue weighted by atomic mass is 35.6. The van der Waals surface area contributed by atoms with Crippen molar-refractivity contribution in [3.63, 3.8) is 0 Å². The van der Waals surface area contributed by atoms with Gasteiger partial charge in [-0.15, -0.1) is 0 Å². The van der Waals surface area contributed by atoms with Crippen molar-refractivity contribution in [2.75, 3.05) is 26.4 Å². The van der Waals surface area contributed by atoms with E-state index in [1.807, 2.05) is 15.3 Å². The van der Waals surface area contributed by atoms with Crippen LogP contribution in [0.15, 0.2) is 61.2 Å². The third kappa shape index (κ3) is 19.2. The first-order valence-corrected chi connectivity index (χ1v) is 36.2. The summed E-state index contributed by atoms with van der Waals surface area (Å²) in [7, 11) is -5.73. The number of hydrogen-bond acceptors (Lipinski definition) is 8. The van der Waals surface area contributed by atoms with E-state index in [0.717, 1.165) is 12.1 Å². The lowest BCUT2D eigenvalue weighted by Crippen LogP contribution is -2.41. The molecule has 4 rings (SSSR count). The van der Waals surface area contributed by atoms with Crippen LogP contribution in [0.25, 0.3) is 22.8 Å². The van der Waals surface area contributed by atoms with E-state index in [4.69, 9.17) is 25.0 Å². The van der Waals surface area contributed by atoms with Crippen LogP contribution in [0.5, 0.6) is 0 Å². The quantitative estimate of drug-likeness (QED) is 0.0512. The Balaban J connectivity index is 0.000000377. The third-order valence-electron chi connectivity index (χ3n) is 11.5. The van der Waals surface area contributed by atoms with E-state index in [1.54, 1.807) is 30.7 Å². The van der Waals surface area contributed by atoms with Gasteiger partial charge in [-0.05, 0) is 82.8 Å². The summed E-state index contributed by atoms with van der Waals surface area (Å²) in [5, 5.41) is 30.4. The molecule has 0 saturated carbocycles. The molecule has 2 aromatic carbocycles. The second-order valence-corrected chi connectivity index (χ2v) is 44.9. The Morgan fingerprint density at radius 2 is 1.03 bits per heavy atom. The summed E-state index contributed by atoms with van der Waals surface area (Å²) >= 11 is 6.15. The monoisotopic (exact) mass is 968 g/mol.